The fourth-order valence-corrected chi connectivity index (χ4v) is 2.84. The first-order chi connectivity index (χ1) is 9.63. The Morgan fingerprint density at radius 3 is 2.35 bits per heavy atom. The number of benzene rings is 2. The number of nitrogens with one attached hydrogen (secondary N) is 1. The Balaban J connectivity index is 1.85. The van der Waals surface area contributed by atoms with Crippen LogP contribution in [-0.2, 0) is 21.3 Å². The van der Waals surface area contributed by atoms with Crippen molar-refractivity contribution in [2.24, 2.45) is 0 Å². The maximum atomic E-state index is 11.9. The summed E-state index contributed by atoms with van der Waals surface area (Å²) in [7, 11) is -1.24. The third-order valence-electron chi connectivity index (χ3n) is 2.59. The van der Waals surface area contributed by atoms with Gasteiger partial charge in [-0.25, -0.2) is 0 Å². The average Bonchev–Trinajstić information content (AvgIpc) is 2.42. The molecule has 0 aliphatic carbocycles. The molecule has 2 aromatic carbocycles. The number of carbonyl (C=O) groups excluding carboxylic acids is 1. The zero-order valence-electron chi connectivity index (χ0n) is 10.7. The summed E-state index contributed by atoms with van der Waals surface area (Å²) in [5.74, 6) is 0.0835. The normalized spacial score (nSPS) is 11.8. The van der Waals surface area contributed by atoms with Gasteiger partial charge in [0.1, 0.15) is 5.75 Å². The first kappa shape index (κ1) is 14.8. The van der Waals surface area contributed by atoms with Crippen molar-refractivity contribution in [2.45, 2.75) is 5.75 Å². The fourth-order valence-electron chi connectivity index (χ4n) is 1.68. The van der Waals surface area contributed by atoms with Crippen LogP contribution in [0.3, 0.4) is 0 Å². The Morgan fingerprint density at radius 2 is 1.70 bits per heavy atom. The van der Waals surface area contributed by atoms with E-state index in [2.05, 4.69) is 5.32 Å². The molecule has 0 bridgehead atoms. The molecule has 2 aromatic rings. The van der Waals surface area contributed by atoms with Gasteiger partial charge in [-0.1, -0.05) is 41.9 Å². The summed E-state index contributed by atoms with van der Waals surface area (Å²) in [6.07, 6.45) is 0. The molecule has 0 fully saturated rings. The Bertz CT molecular complexity index is 599. The second-order valence-corrected chi connectivity index (χ2v) is 6.16. The lowest BCUT2D eigenvalue weighted by Gasteiger charge is -2.05. The van der Waals surface area contributed by atoms with Gasteiger partial charge in [0.25, 0.3) is 0 Å². The van der Waals surface area contributed by atoms with E-state index in [0.29, 0.717) is 16.5 Å². The highest BCUT2D eigenvalue weighted by Gasteiger charge is 2.09. The highest BCUT2D eigenvalue weighted by Crippen LogP contribution is 2.11. The van der Waals surface area contributed by atoms with Crippen LogP contribution in [0.2, 0.25) is 5.02 Å². The molecule has 0 heterocycles. The standard InChI is InChI=1S/C15H14ClNO2S/c16-13-8-6-12(7-9-13)10-20(19)11-15(18)17-14-4-2-1-3-5-14/h1-9H,10-11H2,(H,17,18). The molecule has 0 radical (unpaired) electrons. The minimum absolute atomic E-state index is 0.0163. The zero-order valence-corrected chi connectivity index (χ0v) is 12.3. The van der Waals surface area contributed by atoms with Crippen molar-refractivity contribution in [3.8, 4) is 0 Å². The number of rotatable bonds is 5. The summed E-state index contributed by atoms with van der Waals surface area (Å²) < 4.78 is 11.9. The van der Waals surface area contributed by atoms with Gasteiger partial charge >= 0.3 is 0 Å². The second-order valence-electron chi connectivity index (χ2n) is 4.27. The molecule has 5 heteroatoms. The van der Waals surface area contributed by atoms with Crippen molar-refractivity contribution in [3.63, 3.8) is 0 Å². The molecule has 0 aliphatic rings. The number of halogens is 1. The van der Waals surface area contributed by atoms with Crippen molar-refractivity contribution in [2.75, 3.05) is 11.1 Å². The third-order valence-corrected chi connectivity index (χ3v) is 4.08. The average molecular weight is 308 g/mol. The quantitative estimate of drug-likeness (QED) is 0.922. The number of para-hydroxylation sites is 1. The summed E-state index contributed by atoms with van der Waals surface area (Å²) in [6, 6.07) is 16.2. The molecule has 1 amide bonds. The fraction of sp³-hybridized carbons (Fsp3) is 0.133. The lowest BCUT2D eigenvalue weighted by molar-refractivity contribution is -0.113. The van der Waals surface area contributed by atoms with Gasteiger partial charge in [0, 0.05) is 27.3 Å². The van der Waals surface area contributed by atoms with Gasteiger partial charge in [0.15, 0.2) is 0 Å². The number of hydrogen-bond acceptors (Lipinski definition) is 2. The smallest absolute Gasteiger partial charge is 0.237 e. The Kier molecular flexibility index (Phi) is 5.32. The highest BCUT2D eigenvalue weighted by molar-refractivity contribution is 7.84. The van der Waals surface area contributed by atoms with Crippen molar-refractivity contribution < 1.29 is 9.00 Å². The van der Waals surface area contributed by atoms with Gasteiger partial charge in [0.2, 0.25) is 5.91 Å². The minimum Gasteiger partial charge on any atom is -0.325 e. The molecule has 0 aromatic heterocycles. The molecule has 1 N–H and O–H groups in total. The molecule has 104 valence electrons. The molecule has 3 nitrogen and oxygen atoms in total. The molecule has 20 heavy (non-hydrogen) atoms. The topological polar surface area (TPSA) is 46.2 Å². The molecule has 0 saturated heterocycles. The van der Waals surface area contributed by atoms with E-state index in [4.69, 9.17) is 11.6 Å². The number of carbonyl (C=O) groups is 1. The van der Waals surface area contributed by atoms with E-state index in [1.54, 1.807) is 24.3 Å². The summed E-state index contributed by atoms with van der Waals surface area (Å²) in [5, 5.41) is 3.35. The number of anilines is 1. The maximum Gasteiger partial charge on any atom is 0.237 e. The second kappa shape index (κ2) is 7.22. The number of hydrogen-bond donors (Lipinski definition) is 1. The first-order valence-electron chi connectivity index (χ1n) is 6.08. The summed E-state index contributed by atoms with van der Waals surface area (Å²) in [5.41, 5.74) is 1.61. The Morgan fingerprint density at radius 1 is 1.05 bits per heavy atom. The van der Waals surface area contributed by atoms with Crippen LogP contribution in [0.5, 0.6) is 0 Å². The van der Waals surface area contributed by atoms with Crippen molar-refractivity contribution in [1.29, 1.82) is 0 Å². The van der Waals surface area contributed by atoms with Crippen molar-refractivity contribution in [3.05, 3.63) is 65.2 Å². The molecule has 2 rings (SSSR count). The van der Waals surface area contributed by atoms with E-state index in [-0.39, 0.29) is 11.7 Å². The van der Waals surface area contributed by atoms with Crippen LogP contribution >= 0.6 is 11.6 Å². The van der Waals surface area contributed by atoms with Crippen LogP contribution in [0.1, 0.15) is 5.56 Å². The molecular formula is C15H14ClNO2S. The monoisotopic (exact) mass is 307 g/mol. The third kappa shape index (κ3) is 4.79. The van der Waals surface area contributed by atoms with Gasteiger partial charge < -0.3 is 5.32 Å². The molecule has 0 aliphatic heterocycles. The predicted octanol–water partition coefficient (Wildman–Crippen LogP) is 3.23. The largest absolute Gasteiger partial charge is 0.325 e. The lowest BCUT2D eigenvalue weighted by atomic mass is 10.2. The van der Waals surface area contributed by atoms with Gasteiger partial charge in [0.05, 0.1) is 0 Å². The van der Waals surface area contributed by atoms with E-state index in [9.17, 15) is 9.00 Å². The lowest BCUT2D eigenvalue weighted by Crippen LogP contribution is -2.20. The van der Waals surface area contributed by atoms with E-state index in [1.165, 1.54) is 0 Å². The van der Waals surface area contributed by atoms with Gasteiger partial charge in [-0.3, -0.25) is 9.00 Å². The van der Waals surface area contributed by atoms with Crippen LogP contribution in [0.4, 0.5) is 5.69 Å². The summed E-state index contributed by atoms with van der Waals surface area (Å²) >= 11 is 5.78. The minimum atomic E-state index is -1.24. The molecule has 1 unspecified atom stereocenters. The van der Waals surface area contributed by atoms with Crippen molar-refractivity contribution in [1.82, 2.24) is 0 Å². The highest BCUT2D eigenvalue weighted by atomic mass is 35.5. The van der Waals surface area contributed by atoms with Crippen LogP contribution in [0.15, 0.2) is 54.6 Å². The van der Waals surface area contributed by atoms with Gasteiger partial charge in [-0.05, 0) is 29.8 Å². The molecular weight excluding hydrogens is 294 g/mol. The van der Waals surface area contributed by atoms with Crippen LogP contribution < -0.4 is 5.32 Å². The van der Waals surface area contributed by atoms with Gasteiger partial charge in [-0.2, -0.15) is 0 Å². The van der Waals surface area contributed by atoms with E-state index in [1.807, 2.05) is 30.3 Å². The van der Waals surface area contributed by atoms with Crippen LogP contribution in [-0.4, -0.2) is 15.9 Å². The first-order valence-corrected chi connectivity index (χ1v) is 7.94. The molecule has 0 saturated carbocycles. The van der Waals surface area contributed by atoms with Crippen LogP contribution in [0, 0.1) is 0 Å². The van der Waals surface area contributed by atoms with E-state index >= 15 is 0 Å². The predicted molar refractivity (Wildman–Crippen MR) is 83.2 cm³/mol. The molecule has 1 atom stereocenters. The van der Waals surface area contributed by atoms with Crippen LogP contribution in [0.25, 0.3) is 0 Å². The number of amides is 1. The SMILES string of the molecule is O=C(CS(=O)Cc1ccc(Cl)cc1)Nc1ccccc1. The molecule has 0 spiro atoms. The Labute approximate surface area is 125 Å². The maximum absolute atomic E-state index is 11.9. The van der Waals surface area contributed by atoms with Crippen molar-refractivity contribution >= 4 is 34.0 Å². The summed E-state index contributed by atoms with van der Waals surface area (Å²) in [6.45, 7) is 0. The Hall–Kier alpha value is -1.65. The summed E-state index contributed by atoms with van der Waals surface area (Å²) in [4.78, 5) is 11.7. The van der Waals surface area contributed by atoms with E-state index < -0.39 is 10.8 Å². The van der Waals surface area contributed by atoms with Gasteiger partial charge in [-0.15, -0.1) is 0 Å². The zero-order chi connectivity index (χ0) is 14.4. The van der Waals surface area contributed by atoms with E-state index in [0.717, 1.165) is 5.56 Å².